The Morgan fingerprint density at radius 3 is 2.43 bits per heavy atom. The van der Waals surface area contributed by atoms with Crippen molar-refractivity contribution < 1.29 is 28.7 Å². The first-order chi connectivity index (χ1) is 14.3. The standard InChI is InChI=1S/C20H23N3O6S/c1-5-29-20(27)15-11(2)16(17(25)21-3)30-18(15)23-14(24)10-22-13-9-7-6-8-12(13)19(26)28-4/h6-9,22H,5,10H2,1-4H3,(H,21,25)(H,23,24). The van der Waals surface area contributed by atoms with Gasteiger partial charge in [-0.2, -0.15) is 0 Å². The summed E-state index contributed by atoms with van der Waals surface area (Å²) in [7, 11) is 2.75. The summed E-state index contributed by atoms with van der Waals surface area (Å²) in [6.07, 6.45) is 0. The predicted molar refractivity (Wildman–Crippen MR) is 113 cm³/mol. The predicted octanol–water partition coefficient (Wildman–Crippen LogP) is 2.43. The molecule has 0 aliphatic rings. The number of ether oxygens (including phenoxy) is 2. The van der Waals surface area contributed by atoms with E-state index in [2.05, 4.69) is 16.0 Å². The fourth-order valence-corrected chi connectivity index (χ4v) is 3.81. The van der Waals surface area contributed by atoms with Crippen molar-refractivity contribution in [2.75, 3.05) is 37.9 Å². The van der Waals surface area contributed by atoms with Gasteiger partial charge in [-0.05, 0) is 31.5 Å². The second-order valence-electron chi connectivity index (χ2n) is 6.00. The molecule has 1 heterocycles. The summed E-state index contributed by atoms with van der Waals surface area (Å²) in [6.45, 7) is 3.26. The average molecular weight is 433 g/mol. The normalized spacial score (nSPS) is 10.1. The molecule has 2 aromatic rings. The van der Waals surface area contributed by atoms with E-state index in [9.17, 15) is 19.2 Å². The first-order valence-electron chi connectivity index (χ1n) is 9.07. The van der Waals surface area contributed by atoms with Crippen molar-refractivity contribution in [1.29, 1.82) is 0 Å². The van der Waals surface area contributed by atoms with Crippen LogP contribution < -0.4 is 16.0 Å². The van der Waals surface area contributed by atoms with E-state index >= 15 is 0 Å². The molecule has 0 fully saturated rings. The summed E-state index contributed by atoms with van der Waals surface area (Å²) >= 11 is 0.988. The SMILES string of the molecule is CCOC(=O)c1c(NC(=O)CNc2ccccc2C(=O)OC)sc(C(=O)NC)c1C. The van der Waals surface area contributed by atoms with E-state index < -0.39 is 17.8 Å². The third-order valence-corrected chi connectivity index (χ3v) is 5.29. The van der Waals surface area contributed by atoms with Gasteiger partial charge in [0.05, 0.1) is 36.3 Å². The molecule has 0 atom stereocenters. The lowest BCUT2D eigenvalue weighted by atomic mass is 10.1. The molecule has 160 valence electrons. The Balaban J connectivity index is 2.21. The van der Waals surface area contributed by atoms with Gasteiger partial charge < -0.3 is 25.4 Å². The molecule has 3 N–H and O–H groups in total. The highest BCUT2D eigenvalue weighted by Gasteiger charge is 2.26. The van der Waals surface area contributed by atoms with Crippen LogP contribution in [0.1, 0.15) is 42.9 Å². The summed E-state index contributed by atoms with van der Waals surface area (Å²) in [4.78, 5) is 49.1. The quantitative estimate of drug-likeness (QED) is 0.547. The van der Waals surface area contributed by atoms with E-state index in [0.29, 0.717) is 16.1 Å². The van der Waals surface area contributed by atoms with Gasteiger partial charge in [0.25, 0.3) is 5.91 Å². The minimum Gasteiger partial charge on any atom is -0.465 e. The maximum atomic E-state index is 12.5. The van der Waals surface area contributed by atoms with Crippen LogP contribution in [-0.2, 0) is 14.3 Å². The molecule has 0 saturated carbocycles. The fourth-order valence-electron chi connectivity index (χ4n) is 2.65. The molecule has 30 heavy (non-hydrogen) atoms. The van der Waals surface area contributed by atoms with Crippen molar-refractivity contribution in [3.05, 3.63) is 45.8 Å². The van der Waals surface area contributed by atoms with E-state index in [4.69, 9.17) is 9.47 Å². The second kappa shape index (κ2) is 10.4. The summed E-state index contributed by atoms with van der Waals surface area (Å²) in [6, 6.07) is 6.60. The van der Waals surface area contributed by atoms with Crippen LogP contribution in [0, 0.1) is 6.92 Å². The number of hydrogen-bond donors (Lipinski definition) is 3. The Morgan fingerprint density at radius 2 is 1.80 bits per heavy atom. The smallest absolute Gasteiger partial charge is 0.341 e. The van der Waals surface area contributed by atoms with E-state index in [0.717, 1.165) is 11.3 Å². The van der Waals surface area contributed by atoms with Crippen LogP contribution in [0.3, 0.4) is 0 Å². The maximum Gasteiger partial charge on any atom is 0.341 e. The number of thiophene rings is 1. The number of nitrogens with one attached hydrogen (secondary N) is 3. The largest absolute Gasteiger partial charge is 0.465 e. The van der Waals surface area contributed by atoms with Crippen LogP contribution in [0.15, 0.2) is 24.3 Å². The highest BCUT2D eigenvalue weighted by molar-refractivity contribution is 7.18. The molecule has 2 amide bonds. The number of carbonyl (C=O) groups is 4. The molecule has 1 aromatic heterocycles. The molecule has 0 saturated heterocycles. The van der Waals surface area contributed by atoms with Crippen molar-refractivity contribution in [3.63, 3.8) is 0 Å². The Morgan fingerprint density at radius 1 is 1.10 bits per heavy atom. The highest BCUT2D eigenvalue weighted by Crippen LogP contribution is 2.33. The molecule has 0 bridgehead atoms. The Labute approximate surface area is 177 Å². The van der Waals surface area contributed by atoms with E-state index in [1.54, 1.807) is 38.1 Å². The fraction of sp³-hybridized carbons (Fsp3) is 0.300. The van der Waals surface area contributed by atoms with Gasteiger partial charge in [0.2, 0.25) is 5.91 Å². The molecule has 0 spiro atoms. The molecule has 9 nitrogen and oxygen atoms in total. The van der Waals surface area contributed by atoms with Gasteiger partial charge in [0.1, 0.15) is 5.00 Å². The maximum absolute atomic E-state index is 12.5. The van der Waals surface area contributed by atoms with Crippen molar-refractivity contribution in [2.24, 2.45) is 0 Å². The molecule has 0 aliphatic carbocycles. The van der Waals surface area contributed by atoms with Gasteiger partial charge in [-0.15, -0.1) is 11.3 Å². The van der Waals surface area contributed by atoms with Crippen LogP contribution in [0.25, 0.3) is 0 Å². The lowest BCUT2D eigenvalue weighted by Gasteiger charge is -2.11. The Hall–Kier alpha value is -3.40. The van der Waals surface area contributed by atoms with Crippen LogP contribution >= 0.6 is 11.3 Å². The number of para-hydroxylation sites is 1. The lowest BCUT2D eigenvalue weighted by Crippen LogP contribution is -2.23. The molecule has 10 heteroatoms. The van der Waals surface area contributed by atoms with Crippen molar-refractivity contribution in [1.82, 2.24) is 5.32 Å². The summed E-state index contributed by atoms with van der Waals surface area (Å²) in [5.41, 5.74) is 1.29. The zero-order chi connectivity index (χ0) is 22.3. The number of benzene rings is 1. The number of anilines is 2. The minimum absolute atomic E-state index is 0.142. The molecular weight excluding hydrogens is 410 g/mol. The molecule has 0 radical (unpaired) electrons. The summed E-state index contributed by atoms with van der Waals surface area (Å²) in [5, 5.41) is 8.24. The monoisotopic (exact) mass is 433 g/mol. The minimum atomic E-state index is -0.624. The van der Waals surface area contributed by atoms with Gasteiger partial charge in [-0.3, -0.25) is 9.59 Å². The molecular formula is C20H23N3O6S. The van der Waals surface area contributed by atoms with Crippen LogP contribution in [0.2, 0.25) is 0 Å². The van der Waals surface area contributed by atoms with Gasteiger partial charge in [0, 0.05) is 12.7 Å². The molecule has 0 aliphatic heterocycles. The van der Waals surface area contributed by atoms with Crippen LogP contribution in [0.4, 0.5) is 10.7 Å². The van der Waals surface area contributed by atoms with Gasteiger partial charge >= 0.3 is 11.9 Å². The second-order valence-corrected chi connectivity index (χ2v) is 7.02. The van der Waals surface area contributed by atoms with Crippen molar-refractivity contribution in [3.8, 4) is 0 Å². The van der Waals surface area contributed by atoms with Gasteiger partial charge in [-0.1, -0.05) is 12.1 Å². The molecule has 1 aromatic carbocycles. The van der Waals surface area contributed by atoms with E-state index in [1.165, 1.54) is 14.2 Å². The zero-order valence-corrected chi connectivity index (χ0v) is 17.9. The Bertz CT molecular complexity index is 969. The van der Waals surface area contributed by atoms with E-state index in [-0.39, 0.29) is 35.2 Å². The topological polar surface area (TPSA) is 123 Å². The number of hydrogen-bond acceptors (Lipinski definition) is 8. The third kappa shape index (κ3) is 5.15. The average Bonchev–Trinajstić information content (AvgIpc) is 3.07. The van der Waals surface area contributed by atoms with Crippen molar-refractivity contribution in [2.45, 2.75) is 13.8 Å². The highest BCUT2D eigenvalue weighted by atomic mass is 32.1. The number of methoxy groups -OCH3 is 1. The van der Waals surface area contributed by atoms with Gasteiger partial charge in [0.15, 0.2) is 0 Å². The molecule has 0 unspecified atom stereocenters. The number of esters is 2. The first kappa shape index (κ1) is 22.9. The van der Waals surface area contributed by atoms with Crippen LogP contribution in [-0.4, -0.2) is 51.1 Å². The van der Waals surface area contributed by atoms with Crippen molar-refractivity contribution >= 4 is 45.8 Å². The number of rotatable bonds is 8. The van der Waals surface area contributed by atoms with Gasteiger partial charge in [-0.25, -0.2) is 9.59 Å². The number of amides is 2. The van der Waals surface area contributed by atoms with E-state index in [1.807, 2.05) is 0 Å². The zero-order valence-electron chi connectivity index (χ0n) is 17.1. The van der Waals surface area contributed by atoms with Crippen LogP contribution in [0.5, 0.6) is 0 Å². The molecule has 2 rings (SSSR count). The first-order valence-corrected chi connectivity index (χ1v) is 9.89. The third-order valence-electron chi connectivity index (χ3n) is 4.08. The number of carbonyl (C=O) groups excluding carboxylic acids is 4. The summed E-state index contributed by atoms with van der Waals surface area (Å²) < 4.78 is 9.79. The lowest BCUT2D eigenvalue weighted by molar-refractivity contribution is -0.114. The summed E-state index contributed by atoms with van der Waals surface area (Å²) in [5.74, 6) is -1.99. The Kier molecular flexibility index (Phi) is 7.93.